The fraction of sp³-hybridized carbons (Fsp3) is 0.348. The molecular formula is C23H25N3O5. The molecule has 2 aromatic carbocycles. The quantitative estimate of drug-likeness (QED) is 0.500. The summed E-state index contributed by atoms with van der Waals surface area (Å²) in [7, 11) is 0. The number of rotatable bonds is 8. The minimum absolute atomic E-state index is 0.167. The summed E-state index contributed by atoms with van der Waals surface area (Å²) >= 11 is 0. The highest BCUT2D eigenvalue weighted by molar-refractivity contribution is 6.08. The van der Waals surface area contributed by atoms with Crippen molar-refractivity contribution in [2.75, 3.05) is 19.9 Å². The van der Waals surface area contributed by atoms with Crippen molar-refractivity contribution < 1.29 is 23.9 Å². The van der Waals surface area contributed by atoms with Crippen molar-refractivity contribution in [3.05, 3.63) is 59.7 Å². The number of hydrogen-bond donors (Lipinski definition) is 2. The molecule has 8 heteroatoms. The number of ether oxygens (including phenoxy) is 2. The average molecular weight is 423 g/mol. The van der Waals surface area contributed by atoms with Crippen molar-refractivity contribution in [3.8, 4) is 11.5 Å². The predicted molar refractivity (Wildman–Crippen MR) is 113 cm³/mol. The topological polar surface area (TPSA) is 97.0 Å². The Morgan fingerprint density at radius 1 is 1.10 bits per heavy atom. The fourth-order valence-electron chi connectivity index (χ4n) is 3.83. The van der Waals surface area contributed by atoms with Gasteiger partial charge in [-0.3, -0.25) is 14.5 Å². The molecule has 31 heavy (non-hydrogen) atoms. The van der Waals surface area contributed by atoms with Gasteiger partial charge in [-0.15, -0.1) is 0 Å². The highest BCUT2D eigenvalue weighted by Crippen LogP contribution is 2.34. The minimum atomic E-state index is -1.13. The van der Waals surface area contributed by atoms with Crippen LogP contribution in [0.3, 0.4) is 0 Å². The normalized spacial score (nSPS) is 19.5. The van der Waals surface area contributed by atoms with Crippen molar-refractivity contribution in [1.29, 1.82) is 0 Å². The van der Waals surface area contributed by atoms with E-state index in [1.807, 2.05) is 36.4 Å². The van der Waals surface area contributed by atoms with E-state index in [-0.39, 0.29) is 25.7 Å². The molecule has 0 aliphatic carbocycles. The molecule has 162 valence electrons. The van der Waals surface area contributed by atoms with E-state index >= 15 is 0 Å². The number of urea groups is 1. The highest BCUT2D eigenvalue weighted by Gasteiger charge is 2.48. The third-order valence-corrected chi connectivity index (χ3v) is 5.45. The molecule has 0 bridgehead atoms. The molecule has 2 aliphatic rings. The van der Waals surface area contributed by atoms with E-state index in [9.17, 15) is 14.4 Å². The number of imide groups is 1. The first kappa shape index (κ1) is 20.7. The molecule has 0 spiro atoms. The van der Waals surface area contributed by atoms with Gasteiger partial charge in [0.05, 0.1) is 0 Å². The van der Waals surface area contributed by atoms with Gasteiger partial charge in [-0.1, -0.05) is 36.4 Å². The monoisotopic (exact) mass is 423 g/mol. The molecule has 2 N–H and O–H groups in total. The van der Waals surface area contributed by atoms with Crippen molar-refractivity contribution in [1.82, 2.24) is 15.5 Å². The molecule has 1 saturated heterocycles. The van der Waals surface area contributed by atoms with Crippen LogP contribution in [0.1, 0.15) is 24.5 Å². The van der Waals surface area contributed by atoms with Crippen molar-refractivity contribution in [2.45, 2.75) is 31.7 Å². The summed E-state index contributed by atoms with van der Waals surface area (Å²) in [6.45, 7) is 2.01. The molecule has 1 fully saturated rings. The molecule has 4 rings (SSSR count). The Morgan fingerprint density at radius 3 is 2.68 bits per heavy atom. The summed E-state index contributed by atoms with van der Waals surface area (Å²) in [6.07, 6.45) is 1.90. The Bertz CT molecular complexity index is 994. The second kappa shape index (κ2) is 8.67. The lowest BCUT2D eigenvalue weighted by Crippen LogP contribution is -2.46. The van der Waals surface area contributed by atoms with Crippen LogP contribution >= 0.6 is 0 Å². The van der Waals surface area contributed by atoms with E-state index < -0.39 is 17.5 Å². The van der Waals surface area contributed by atoms with Crippen LogP contribution in [0.5, 0.6) is 11.5 Å². The van der Waals surface area contributed by atoms with Gasteiger partial charge in [0.1, 0.15) is 12.1 Å². The fourth-order valence-corrected chi connectivity index (χ4v) is 3.83. The molecule has 2 aliphatic heterocycles. The number of benzene rings is 2. The van der Waals surface area contributed by atoms with Crippen LogP contribution in [-0.4, -0.2) is 48.2 Å². The van der Waals surface area contributed by atoms with Gasteiger partial charge < -0.3 is 20.1 Å². The molecule has 1 atom stereocenters. The van der Waals surface area contributed by atoms with Crippen LogP contribution in [0.4, 0.5) is 4.79 Å². The van der Waals surface area contributed by atoms with Crippen LogP contribution in [0.25, 0.3) is 0 Å². The maximum absolute atomic E-state index is 12.9. The maximum Gasteiger partial charge on any atom is 0.325 e. The van der Waals surface area contributed by atoms with Crippen LogP contribution in [0.2, 0.25) is 0 Å². The van der Waals surface area contributed by atoms with Crippen LogP contribution in [-0.2, 0) is 22.4 Å². The summed E-state index contributed by atoms with van der Waals surface area (Å²) in [4.78, 5) is 38.6. The molecule has 8 nitrogen and oxygen atoms in total. The molecular weight excluding hydrogens is 398 g/mol. The van der Waals surface area contributed by atoms with Gasteiger partial charge >= 0.3 is 6.03 Å². The number of fused-ring (bicyclic) bond motifs is 1. The van der Waals surface area contributed by atoms with Gasteiger partial charge in [0.15, 0.2) is 11.5 Å². The number of hydrogen-bond acceptors (Lipinski definition) is 5. The standard InChI is InChI=1S/C23H25N3O5/c1-23(13-17-9-10-18-19(12-17)31-15-30-18)21(28)26(22(29)25-23)14-20(27)24-11-5-8-16-6-3-2-4-7-16/h2-4,6-7,9-10,12H,5,8,11,13-15H2,1H3,(H,24,27)(H,25,29). The van der Waals surface area contributed by atoms with E-state index in [0.717, 1.165) is 23.3 Å². The van der Waals surface area contributed by atoms with E-state index in [1.165, 1.54) is 5.56 Å². The summed E-state index contributed by atoms with van der Waals surface area (Å²) in [5, 5.41) is 5.51. The van der Waals surface area contributed by atoms with Gasteiger partial charge in [0.2, 0.25) is 12.7 Å². The van der Waals surface area contributed by atoms with Crippen LogP contribution in [0.15, 0.2) is 48.5 Å². The molecule has 1 unspecified atom stereocenters. The van der Waals surface area contributed by atoms with Crippen molar-refractivity contribution in [2.24, 2.45) is 0 Å². The smallest absolute Gasteiger partial charge is 0.325 e. The first-order valence-corrected chi connectivity index (χ1v) is 10.3. The first-order valence-electron chi connectivity index (χ1n) is 10.3. The summed E-state index contributed by atoms with van der Waals surface area (Å²) in [5.74, 6) is 0.490. The largest absolute Gasteiger partial charge is 0.454 e. The lowest BCUT2D eigenvalue weighted by atomic mass is 9.92. The van der Waals surface area contributed by atoms with Gasteiger partial charge in [-0.2, -0.15) is 0 Å². The zero-order valence-electron chi connectivity index (χ0n) is 17.3. The third kappa shape index (κ3) is 4.63. The number of carbonyl (C=O) groups excluding carboxylic acids is 3. The molecule has 4 amide bonds. The van der Waals surface area contributed by atoms with Crippen molar-refractivity contribution in [3.63, 3.8) is 0 Å². The minimum Gasteiger partial charge on any atom is -0.454 e. The lowest BCUT2D eigenvalue weighted by Gasteiger charge is -2.22. The molecule has 0 radical (unpaired) electrons. The Balaban J connectivity index is 1.29. The number of nitrogens with one attached hydrogen (secondary N) is 2. The third-order valence-electron chi connectivity index (χ3n) is 5.45. The van der Waals surface area contributed by atoms with E-state index in [2.05, 4.69) is 10.6 Å². The summed E-state index contributed by atoms with van der Waals surface area (Å²) in [6, 6.07) is 14.8. The van der Waals surface area contributed by atoms with Crippen molar-refractivity contribution >= 4 is 17.8 Å². The van der Waals surface area contributed by atoms with E-state index in [0.29, 0.717) is 18.0 Å². The van der Waals surface area contributed by atoms with Gasteiger partial charge in [0, 0.05) is 13.0 Å². The van der Waals surface area contributed by atoms with E-state index in [4.69, 9.17) is 9.47 Å². The molecule has 0 saturated carbocycles. The van der Waals surface area contributed by atoms with Gasteiger partial charge in [-0.25, -0.2) is 4.79 Å². The maximum atomic E-state index is 12.9. The number of carbonyl (C=O) groups is 3. The van der Waals surface area contributed by atoms with Crippen LogP contribution in [0, 0.1) is 0 Å². The SMILES string of the molecule is CC1(Cc2ccc3c(c2)OCO3)NC(=O)N(CC(=O)NCCCc2ccccc2)C1=O. The van der Waals surface area contributed by atoms with Gasteiger partial charge in [0.25, 0.3) is 5.91 Å². The second-order valence-electron chi connectivity index (χ2n) is 7.96. The molecule has 2 heterocycles. The molecule has 0 aromatic heterocycles. The Kier molecular flexibility index (Phi) is 5.79. The first-order chi connectivity index (χ1) is 14.9. The van der Waals surface area contributed by atoms with E-state index in [1.54, 1.807) is 19.1 Å². The predicted octanol–water partition coefficient (Wildman–Crippen LogP) is 2.02. The summed E-state index contributed by atoms with van der Waals surface area (Å²) in [5.41, 5.74) is 0.899. The zero-order valence-corrected chi connectivity index (χ0v) is 17.3. The Hall–Kier alpha value is -3.55. The summed E-state index contributed by atoms with van der Waals surface area (Å²) < 4.78 is 10.7. The Labute approximate surface area is 180 Å². The second-order valence-corrected chi connectivity index (χ2v) is 7.96. The highest BCUT2D eigenvalue weighted by atomic mass is 16.7. The molecule has 2 aromatic rings. The zero-order chi connectivity index (χ0) is 21.8. The number of nitrogens with zero attached hydrogens (tertiary/aromatic N) is 1. The number of aryl methyl sites for hydroxylation is 1. The van der Waals surface area contributed by atoms with Crippen LogP contribution < -0.4 is 20.1 Å². The lowest BCUT2D eigenvalue weighted by molar-refractivity contribution is -0.134. The Morgan fingerprint density at radius 2 is 1.87 bits per heavy atom. The average Bonchev–Trinajstić information content (AvgIpc) is 3.30. The van der Waals surface area contributed by atoms with Gasteiger partial charge in [-0.05, 0) is 43.0 Å². The number of amides is 4.